The van der Waals surface area contributed by atoms with E-state index >= 15 is 0 Å². The van der Waals surface area contributed by atoms with E-state index in [4.69, 9.17) is 4.74 Å². The molecule has 1 amide bonds. The van der Waals surface area contributed by atoms with Gasteiger partial charge in [0.2, 0.25) is 0 Å². The summed E-state index contributed by atoms with van der Waals surface area (Å²) in [5.41, 5.74) is 5.05. The molecular formula is C17H19N3O3. The van der Waals surface area contributed by atoms with Gasteiger partial charge in [0.1, 0.15) is 0 Å². The third-order valence-electron chi connectivity index (χ3n) is 3.19. The number of nitrogens with zero attached hydrogens (tertiary/aromatic N) is 1. The van der Waals surface area contributed by atoms with Crippen LogP contribution in [0.4, 0.5) is 5.69 Å². The molecule has 0 fully saturated rings. The molecule has 2 rings (SSSR count). The molecular weight excluding hydrogens is 294 g/mol. The third kappa shape index (κ3) is 4.74. The number of hydrogen-bond acceptors (Lipinski definition) is 5. The molecule has 0 aliphatic rings. The summed E-state index contributed by atoms with van der Waals surface area (Å²) in [5.74, 6) is 0.139. The summed E-state index contributed by atoms with van der Waals surface area (Å²) in [5, 5.41) is 16.6. The molecule has 120 valence electrons. The number of rotatable bonds is 6. The molecule has 0 saturated carbocycles. The first-order valence-electron chi connectivity index (χ1n) is 7.08. The van der Waals surface area contributed by atoms with E-state index in [1.807, 2.05) is 31.2 Å². The number of anilines is 1. The van der Waals surface area contributed by atoms with Crippen molar-refractivity contribution >= 4 is 17.8 Å². The lowest BCUT2D eigenvalue weighted by Crippen LogP contribution is -2.26. The topological polar surface area (TPSA) is 83.0 Å². The largest absolute Gasteiger partial charge is 0.504 e. The van der Waals surface area contributed by atoms with E-state index in [2.05, 4.69) is 15.8 Å². The van der Waals surface area contributed by atoms with Gasteiger partial charge >= 0.3 is 0 Å². The van der Waals surface area contributed by atoms with Crippen LogP contribution in [0.1, 0.15) is 11.1 Å². The van der Waals surface area contributed by atoms with Gasteiger partial charge in [-0.3, -0.25) is 4.79 Å². The maximum Gasteiger partial charge on any atom is 0.259 e. The third-order valence-corrected chi connectivity index (χ3v) is 3.19. The number of amides is 1. The van der Waals surface area contributed by atoms with Crippen molar-refractivity contribution in [3.8, 4) is 11.5 Å². The van der Waals surface area contributed by atoms with Crippen LogP contribution in [-0.4, -0.2) is 30.9 Å². The van der Waals surface area contributed by atoms with Gasteiger partial charge in [0.15, 0.2) is 11.5 Å². The maximum atomic E-state index is 11.7. The molecule has 0 bridgehead atoms. The molecule has 2 aromatic rings. The van der Waals surface area contributed by atoms with E-state index < -0.39 is 0 Å². The summed E-state index contributed by atoms with van der Waals surface area (Å²) in [6.45, 7) is 2.09. The number of hydrogen-bond donors (Lipinski definition) is 3. The van der Waals surface area contributed by atoms with E-state index in [1.54, 1.807) is 12.1 Å². The number of phenols is 1. The highest BCUT2D eigenvalue weighted by atomic mass is 16.5. The highest BCUT2D eigenvalue weighted by molar-refractivity contribution is 5.84. The van der Waals surface area contributed by atoms with Crippen LogP contribution in [0.5, 0.6) is 11.5 Å². The number of nitrogens with one attached hydrogen (secondary N) is 2. The molecule has 0 aliphatic heterocycles. The molecule has 3 N–H and O–H groups in total. The van der Waals surface area contributed by atoms with Crippen LogP contribution in [0, 0.1) is 6.92 Å². The lowest BCUT2D eigenvalue weighted by atomic mass is 10.2. The lowest BCUT2D eigenvalue weighted by molar-refractivity contribution is -0.119. The number of ether oxygens (including phenoxy) is 1. The number of para-hydroxylation sites is 1. The Morgan fingerprint density at radius 1 is 1.30 bits per heavy atom. The quantitative estimate of drug-likeness (QED) is 0.564. The predicted molar refractivity (Wildman–Crippen MR) is 90.1 cm³/mol. The Morgan fingerprint density at radius 3 is 2.78 bits per heavy atom. The van der Waals surface area contributed by atoms with Gasteiger partial charge in [-0.15, -0.1) is 0 Å². The first-order valence-corrected chi connectivity index (χ1v) is 7.08. The zero-order valence-corrected chi connectivity index (χ0v) is 13.0. The number of carbonyl (C=O) groups excluding carboxylic acids is 1. The van der Waals surface area contributed by atoms with Crippen molar-refractivity contribution < 1.29 is 14.6 Å². The Bertz CT molecular complexity index is 714. The molecule has 2 aromatic carbocycles. The number of aryl methyl sites for hydroxylation is 1. The minimum absolute atomic E-state index is 0.0176. The molecule has 0 spiro atoms. The average Bonchev–Trinajstić information content (AvgIpc) is 2.54. The summed E-state index contributed by atoms with van der Waals surface area (Å²) in [7, 11) is 1.48. The molecule has 23 heavy (non-hydrogen) atoms. The summed E-state index contributed by atoms with van der Waals surface area (Å²) < 4.78 is 4.95. The molecule has 0 saturated heterocycles. The van der Waals surface area contributed by atoms with E-state index in [1.165, 1.54) is 19.4 Å². The van der Waals surface area contributed by atoms with E-state index in [0.29, 0.717) is 11.3 Å². The van der Waals surface area contributed by atoms with Crippen molar-refractivity contribution in [1.82, 2.24) is 5.43 Å². The minimum Gasteiger partial charge on any atom is -0.504 e. The minimum atomic E-state index is -0.262. The number of methoxy groups -OCH3 is 1. The first-order chi connectivity index (χ1) is 11.1. The van der Waals surface area contributed by atoms with Gasteiger partial charge in [-0.1, -0.05) is 18.2 Å². The van der Waals surface area contributed by atoms with Gasteiger partial charge in [0.25, 0.3) is 5.91 Å². The van der Waals surface area contributed by atoms with E-state index in [-0.39, 0.29) is 18.2 Å². The Labute approximate surface area is 134 Å². The normalized spacial score (nSPS) is 10.5. The first kappa shape index (κ1) is 16.4. The second-order valence-electron chi connectivity index (χ2n) is 4.89. The van der Waals surface area contributed by atoms with Crippen LogP contribution in [0.25, 0.3) is 0 Å². The summed E-state index contributed by atoms with van der Waals surface area (Å²) in [6, 6.07) is 12.6. The maximum absolute atomic E-state index is 11.7. The standard InChI is InChI=1S/C17H19N3O3/c1-12-5-3-4-6-14(12)18-11-17(22)20-19-10-13-7-8-16(23-2)15(21)9-13/h3-10,18,21H,11H2,1-2H3,(H,20,22)/b19-10-. The Balaban J connectivity index is 1.84. The molecule has 0 atom stereocenters. The van der Waals surface area contributed by atoms with Gasteiger partial charge < -0.3 is 15.2 Å². The molecule has 0 unspecified atom stereocenters. The van der Waals surface area contributed by atoms with Crippen LogP contribution >= 0.6 is 0 Å². The van der Waals surface area contributed by atoms with Gasteiger partial charge in [-0.25, -0.2) is 5.43 Å². The molecule has 0 heterocycles. The highest BCUT2D eigenvalue weighted by Gasteiger charge is 2.02. The fourth-order valence-electron chi connectivity index (χ4n) is 1.95. The molecule has 6 heteroatoms. The van der Waals surface area contributed by atoms with Crippen molar-refractivity contribution in [3.05, 3.63) is 53.6 Å². The molecule has 0 radical (unpaired) electrons. The lowest BCUT2D eigenvalue weighted by Gasteiger charge is -2.07. The SMILES string of the molecule is COc1ccc(/C=N\NC(=O)CNc2ccccc2C)cc1O. The summed E-state index contributed by atoms with van der Waals surface area (Å²) >= 11 is 0. The molecule has 0 aromatic heterocycles. The van der Waals surface area contributed by atoms with Crippen molar-refractivity contribution in [2.45, 2.75) is 6.92 Å². The zero-order valence-electron chi connectivity index (χ0n) is 13.0. The summed E-state index contributed by atoms with van der Waals surface area (Å²) in [4.78, 5) is 11.7. The fraction of sp³-hybridized carbons (Fsp3) is 0.176. The fourth-order valence-corrected chi connectivity index (χ4v) is 1.95. The van der Waals surface area contributed by atoms with Gasteiger partial charge in [0, 0.05) is 5.69 Å². The molecule has 6 nitrogen and oxygen atoms in total. The van der Waals surface area contributed by atoms with Gasteiger partial charge in [-0.2, -0.15) is 5.10 Å². The van der Waals surface area contributed by atoms with Crippen LogP contribution in [-0.2, 0) is 4.79 Å². The molecule has 0 aliphatic carbocycles. The van der Waals surface area contributed by atoms with E-state index in [0.717, 1.165) is 11.3 Å². The zero-order chi connectivity index (χ0) is 16.7. The van der Waals surface area contributed by atoms with Crippen molar-refractivity contribution in [2.75, 3.05) is 19.0 Å². The summed E-state index contributed by atoms with van der Waals surface area (Å²) in [6.07, 6.45) is 1.45. The Kier molecular flexibility index (Phi) is 5.57. The van der Waals surface area contributed by atoms with Crippen LogP contribution in [0.2, 0.25) is 0 Å². The van der Waals surface area contributed by atoms with Gasteiger partial charge in [0.05, 0.1) is 19.9 Å². The number of phenolic OH excluding ortho intramolecular Hbond substituents is 1. The van der Waals surface area contributed by atoms with Crippen molar-refractivity contribution in [3.63, 3.8) is 0 Å². The second kappa shape index (κ2) is 7.84. The van der Waals surface area contributed by atoms with E-state index in [9.17, 15) is 9.90 Å². The van der Waals surface area contributed by atoms with Crippen LogP contribution in [0.3, 0.4) is 0 Å². The van der Waals surface area contributed by atoms with Crippen LogP contribution < -0.4 is 15.5 Å². The number of hydrazone groups is 1. The number of benzene rings is 2. The average molecular weight is 313 g/mol. The van der Waals surface area contributed by atoms with Crippen molar-refractivity contribution in [2.24, 2.45) is 5.10 Å². The Hall–Kier alpha value is -3.02. The highest BCUT2D eigenvalue weighted by Crippen LogP contribution is 2.25. The monoisotopic (exact) mass is 313 g/mol. The second-order valence-corrected chi connectivity index (χ2v) is 4.89. The predicted octanol–water partition coefficient (Wildman–Crippen LogP) is 2.27. The van der Waals surface area contributed by atoms with Crippen LogP contribution in [0.15, 0.2) is 47.6 Å². The number of carbonyl (C=O) groups is 1. The number of aromatic hydroxyl groups is 1. The van der Waals surface area contributed by atoms with Gasteiger partial charge in [-0.05, 0) is 42.3 Å². The van der Waals surface area contributed by atoms with Crippen molar-refractivity contribution in [1.29, 1.82) is 0 Å². The Morgan fingerprint density at radius 2 is 2.09 bits per heavy atom. The smallest absolute Gasteiger partial charge is 0.259 e.